The summed E-state index contributed by atoms with van der Waals surface area (Å²) >= 11 is 0. The molecule has 21 heavy (non-hydrogen) atoms. The van der Waals surface area contributed by atoms with E-state index in [1.54, 1.807) is 25.1 Å². The van der Waals surface area contributed by atoms with Gasteiger partial charge >= 0.3 is 0 Å². The summed E-state index contributed by atoms with van der Waals surface area (Å²) in [5.74, 6) is 1.35. The molecule has 2 unspecified atom stereocenters. The number of nitrogens with one attached hydrogen (secondary N) is 1. The predicted octanol–water partition coefficient (Wildman–Crippen LogP) is 3.33. The van der Waals surface area contributed by atoms with Crippen LogP contribution in [0.5, 0.6) is 0 Å². The van der Waals surface area contributed by atoms with Crippen molar-refractivity contribution < 1.29 is 13.9 Å². The van der Waals surface area contributed by atoms with Crippen LogP contribution in [0.15, 0.2) is 40.8 Å². The van der Waals surface area contributed by atoms with Crippen LogP contribution >= 0.6 is 0 Å². The Morgan fingerprint density at radius 1 is 1.24 bits per heavy atom. The highest BCUT2D eigenvalue weighted by Crippen LogP contribution is 2.22. The lowest BCUT2D eigenvalue weighted by molar-refractivity contribution is 0.0335. The molecule has 0 aliphatic rings. The van der Waals surface area contributed by atoms with Gasteiger partial charge in [0, 0.05) is 13.1 Å². The smallest absolute Gasteiger partial charge is 0.136 e. The van der Waals surface area contributed by atoms with E-state index in [2.05, 4.69) is 12.2 Å². The molecule has 114 valence electrons. The molecule has 2 rings (SSSR count). The number of aliphatic hydroxyl groups is 1. The second kappa shape index (κ2) is 6.41. The maximum absolute atomic E-state index is 12.9. The van der Waals surface area contributed by atoms with Crippen molar-refractivity contribution in [1.82, 2.24) is 5.32 Å². The fraction of sp³-hybridized carbons (Fsp3) is 0.412. The van der Waals surface area contributed by atoms with Gasteiger partial charge in [0.15, 0.2) is 0 Å². The van der Waals surface area contributed by atoms with Gasteiger partial charge in [-0.2, -0.15) is 0 Å². The molecule has 0 saturated heterocycles. The van der Waals surface area contributed by atoms with E-state index in [4.69, 9.17) is 4.42 Å². The molecule has 0 spiro atoms. The third kappa shape index (κ3) is 4.16. The van der Waals surface area contributed by atoms with Gasteiger partial charge in [0.2, 0.25) is 0 Å². The molecule has 0 amide bonds. The van der Waals surface area contributed by atoms with Crippen LogP contribution in [-0.4, -0.2) is 18.2 Å². The third-order valence-corrected chi connectivity index (χ3v) is 3.63. The minimum absolute atomic E-state index is 0.227. The zero-order chi connectivity index (χ0) is 15.5. The molecule has 2 atom stereocenters. The maximum atomic E-state index is 12.9. The van der Waals surface area contributed by atoms with Crippen molar-refractivity contribution in [3.63, 3.8) is 0 Å². The molecular weight excluding hydrogens is 269 g/mol. The van der Waals surface area contributed by atoms with E-state index in [9.17, 15) is 9.50 Å². The summed E-state index contributed by atoms with van der Waals surface area (Å²) in [6.07, 6.45) is 0. The maximum Gasteiger partial charge on any atom is 0.136 e. The summed E-state index contributed by atoms with van der Waals surface area (Å²) in [6, 6.07) is 10.1. The molecule has 0 aliphatic carbocycles. The second-order valence-electron chi connectivity index (χ2n) is 5.77. The normalized spacial score (nSPS) is 15.7. The van der Waals surface area contributed by atoms with E-state index in [-0.39, 0.29) is 11.7 Å². The lowest BCUT2D eigenvalue weighted by Gasteiger charge is -2.23. The molecule has 3 nitrogen and oxygen atoms in total. The minimum atomic E-state index is -1.04. The number of hydrogen-bond donors (Lipinski definition) is 2. The molecule has 2 N–H and O–H groups in total. The predicted molar refractivity (Wildman–Crippen MR) is 80.7 cm³/mol. The minimum Gasteiger partial charge on any atom is -0.463 e. The first-order valence-corrected chi connectivity index (χ1v) is 7.14. The molecule has 4 heteroatoms. The number of aryl methyl sites for hydroxylation is 1. The Labute approximate surface area is 124 Å². The second-order valence-corrected chi connectivity index (χ2v) is 5.77. The number of furan rings is 1. The molecule has 0 aliphatic heterocycles. The van der Waals surface area contributed by atoms with Gasteiger partial charge < -0.3 is 14.8 Å². The molecule has 0 saturated carbocycles. The summed E-state index contributed by atoms with van der Waals surface area (Å²) in [6.45, 7) is 6.73. The third-order valence-electron chi connectivity index (χ3n) is 3.63. The van der Waals surface area contributed by atoms with Crippen LogP contribution in [0.1, 0.15) is 36.8 Å². The van der Waals surface area contributed by atoms with E-state index < -0.39 is 5.60 Å². The number of halogens is 1. The van der Waals surface area contributed by atoms with E-state index in [1.165, 1.54) is 12.1 Å². The summed E-state index contributed by atoms with van der Waals surface area (Å²) in [5, 5.41) is 13.7. The van der Waals surface area contributed by atoms with Crippen molar-refractivity contribution in [1.29, 1.82) is 0 Å². The van der Waals surface area contributed by atoms with Gasteiger partial charge in [-0.1, -0.05) is 19.1 Å². The fourth-order valence-corrected chi connectivity index (χ4v) is 2.25. The van der Waals surface area contributed by atoms with Crippen LogP contribution in [0.2, 0.25) is 0 Å². The van der Waals surface area contributed by atoms with Crippen molar-refractivity contribution in [2.75, 3.05) is 13.1 Å². The first kappa shape index (κ1) is 15.7. The lowest BCUT2D eigenvalue weighted by atomic mass is 10.00. The van der Waals surface area contributed by atoms with Crippen LogP contribution < -0.4 is 5.32 Å². The van der Waals surface area contributed by atoms with Crippen LogP contribution in [0, 0.1) is 12.7 Å². The van der Waals surface area contributed by atoms with Crippen LogP contribution in [0.3, 0.4) is 0 Å². The largest absolute Gasteiger partial charge is 0.463 e. The van der Waals surface area contributed by atoms with Crippen molar-refractivity contribution >= 4 is 0 Å². The van der Waals surface area contributed by atoms with Crippen molar-refractivity contribution in [3.8, 4) is 0 Å². The van der Waals surface area contributed by atoms with Gasteiger partial charge in [-0.15, -0.1) is 0 Å². The Hall–Kier alpha value is -1.65. The highest BCUT2D eigenvalue weighted by molar-refractivity contribution is 5.20. The number of rotatable bonds is 6. The Morgan fingerprint density at radius 2 is 1.90 bits per heavy atom. The Bertz CT molecular complexity index is 575. The molecule has 1 aromatic carbocycles. The van der Waals surface area contributed by atoms with Crippen LogP contribution in [0.4, 0.5) is 4.39 Å². The molecule has 0 radical (unpaired) electrons. The van der Waals surface area contributed by atoms with Crippen molar-refractivity contribution in [2.24, 2.45) is 0 Å². The van der Waals surface area contributed by atoms with Crippen LogP contribution in [0.25, 0.3) is 0 Å². The molecule has 2 aromatic rings. The lowest BCUT2D eigenvalue weighted by Crippen LogP contribution is -2.36. The summed E-state index contributed by atoms with van der Waals surface area (Å²) in [7, 11) is 0. The van der Waals surface area contributed by atoms with Crippen LogP contribution in [-0.2, 0) is 5.60 Å². The van der Waals surface area contributed by atoms with Gasteiger partial charge in [0.25, 0.3) is 0 Å². The van der Waals surface area contributed by atoms with Crippen molar-refractivity contribution in [3.05, 3.63) is 59.3 Å². The zero-order valence-electron chi connectivity index (χ0n) is 12.7. The molecule has 0 bridgehead atoms. The van der Waals surface area contributed by atoms with E-state index in [0.717, 1.165) is 11.3 Å². The first-order valence-electron chi connectivity index (χ1n) is 7.14. The summed E-state index contributed by atoms with van der Waals surface area (Å²) < 4.78 is 18.4. The Kier molecular flexibility index (Phi) is 4.80. The summed E-state index contributed by atoms with van der Waals surface area (Å²) in [4.78, 5) is 0. The Morgan fingerprint density at radius 3 is 2.48 bits per heavy atom. The zero-order valence-corrected chi connectivity index (χ0v) is 12.7. The first-order chi connectivity index (χ1) is 9.88. The standard InChI is InChI=1S/C17H22FNO2/c1-12(14-5-7-15(18)8-6-14)10-19-11-17(3,20)16-9-4-13(2)21-16/h4-9,12,19-20H,10-11H2,1-3H3. The number of hydrogen-bond acceptors (Lipinski definition) is 3. The molecule has 0 fully saturated rings. The molecule has 1 aromatic heterocycles. The number of benzene rings is 1. The van der Waals surface area contributed by atoms with Gasteiger partial charge in [-0.25, -0.2) is 4.39 Å². The van der Waals surface area contributed by atoms with Gasteiger partial charge in [0.1, 0.15) is 22.9 Å². The van der Waals surface area contributed by atoms with Gasteiger partial charge in [-0.05, 0) is 49.6 Å². The highest BCUT2D eigenvalue weighted by Gasteiger charge is 2.26. The summed E-state index contributed by atoms with van der Waals surface area (Å²) in [5.41, 5.74) is 0.0222. The van der Waals surface area contributed by atoms with Gasteiger partial charge in [0.05, 0.1) is 0 Å². The average Bonchev–Trinajstić information content (AvgIpc) is 2.87. The van der Waals surface area contributed by atoms with E-state index in [0.29, 0.717) is 18.8 Å². The Balaban J connectivity index is 1.87. The van der Waals surface area contributed by atoms with E-state index in [1.807, 2.05) is 13.0 Å². The quantitative estimate of drug-likeness (QED) is 0.858. The van der Waals surface area contributed by atoms with Crippen molar-refractivity contribution in [2.45, 2.75) is 32.3 Å². The monoisotopic (exact) mass is 291 g/mol. The molecular formula is C17H22FNO2. The SMILES string of the molecule is Cc1ccc(C(C)(O)CNCC(C)c2ccc(F)cc2)o1. The average molecular weight is 291 g/mol. The highest BCUT2D eigenvalue weighted by atomic mass is 19.1. The molecule has 1 heterocycles. The van der Waals surface area contributed by atoms with E-state index >= 15 is 0 Å². The fourth-order valence-electron chi connectivity index (χ4n) is 2.25. The van der Waals surface area contributed by atoms with Gasteiger partial charge in [-0.3, -0.25) is 0 Å². The topological polar surface area (TPSA) is 45.4 Å².